The van der Waals surface area contributed by atoms with Gasteiger partial charge in [0.15, 0.2) is 5.76 Å². The van der Waals surface area contributed by atoms with Gasteiger partial charge in [0, 0.05) is 40.4 Å². The second-order valence-electron chi connectivity index (χ2n) is 5.95. The number of carbonyl (C=O) groups is 1. The van der Waals surface area contributed by atoms with E-state index in [1.807, 2.05) is 36.1 Å². The van der Waals surface area contributed by atoms with Gasteiger partial charge in [0.05, 0.1) is 18.5 Å². The average Bonchev–Trinajstić information content (AvgIpc) is 3.20. The Hall–Kier alpha value is -2.53. The molecule has 0 atom stereocenters. The van der Waals surface area contributed by atoms with E-state index in [-0.39, 0.29) is 5.91 Å². The molecule has 0 fully saturated rings. The third-order valence-corrected chi connectivity index (χ3v) is 4.65. The maximum absolute atomic E-state index is 12.7. The molecule has 5 nitrogen and oxygen atoms in total. The first-order valence-corrected chi connectivity index (χ1v) is 8.16. The third-order valence-electron chi connectivity index (χ3n) is 4.39. The Balaban J connectivity index is 1.65. The molecule has 0 unspecified atom stereocenters. The van der Waals surface area contributed by atoms with Gasteiger partial charge in [0.1, 0.15) is 0 Å². The summed E-state index contributed by atoms with van der Waals surface area (Å²) in [5.74, 6) is 0.335. The van der Waals surface area contributed by atoms with E-state index in [4.69, 9.17) is 16.0 Å². The van der Waals surface area contributed by atoms with Gasteiger partial charge >= 0.3 is 0 Å². The molecule has 0 radical (unpaired) electrons. The van der Waals surface area contributed by atoms with Crippen molar-refractivity contribution in [1.82, 2.24) is 15.1 Å². The molecule has 0 bridgehead atoms. The highest BCUT2D eigenvalue weighted by Crippen LogP contribution is 2.30. The molecular formula is C18H16ClN3O2. The number of nitrogens with one attached hydrogen (secondary N) is 1. The van der Waals surface area contributed by atoms with E-state index in [0.717, 1.165) is 34.5 Å². The lowest BCUT2D eigenvalue weighted by molar-refractivity contribution is 0.0701. The van der Waals surface area contributed by atoms with E-state index in [1.165, 1.54) is 0 Å². The van der Waals surface area contributed by atoms with Gasteiger partial charge in [-0.15, -0.1) is 0 Å². The van der Waals surface area contributed by atoms with Crippen molar-refractivity contribution in [2.45, 2.75) is 19.9 Å². The molecule has 3 heterocycles. The molecule has 3 aromatic rings. The quantitative estimate of drug-likeness (QED) is 0.770. The minimum absolute atomic E-state index is 0.0774. The number of hydrogen-bond acceptors (Lipinski definition) is 3. The minimum Gasteiger partial charge on any atom is -0.459 e. The van der Waals surface area contributed by atoms with Crippen LogP contribution in [-0.4, -0.2) is 27.5 Å². The summed E-state index contributed by atoms with van der Waals surface area (Å²) in [7, 11) is 0. The minimum atomic E-state index is -0.0774. The van der Waals surface area contributed by atoms with Gasteiger partial charge in [-0.25, -0.2) is 0 Å². The van der Waals surface area contributed by atoms with Gasteiger partial charge in [-0.3, -0.25) is 9.89 Å². The molecule has 1 N–H and O–H groups in total. The van der Waals surface area contributed by atoms with E-state index in [0.29, 0.717) is 23.9 Å². The van der Waals surface area contributed by atoms with E-state index >= 15 is 0 Å². The number of rotatable bonds is 2. The molecule has 24 heavy (non-hydrogen) atoms. The topological polar surface area (TPSA) is 62.1 Å². The molecule has 1 aromatic carbocycles. The summed E-state index contributed by atoms with van der Waals surface area (Å²) in [6.07, 6.45) is 2.30. The molecule has 2 aromatic heterocycles. The van der Waals surface area contributed by atoms with Gasteiger partial charge in [0.25, 0.3) is 5.91 Å². The van der Waals surface area contributed by atoms with Crippen LogP contribution >= 0.6 is 11.6 Å². The number of aromatic amines is 1. The van der Waals surface area contributed by atoms with E-state index < -0.39 is 0 Å². The Morgan fingerprint density at radius 3 is 2.79 bits per heavy atom. The molecule has 4 rings (SSSR count). The first-order chi connectivity index (χ1) is 11.6. The molecular weight excluding hydrogens is 326 g/mol. The lowest BCUT2D eigenvalue weighted by atomic mass is 10.0. The molecule has 6 heteroatoms. The Morgan fingerprint density at radius 2 is 2.08 bits per heavy atom. The lowest BCUT2D eigenvalue weighted by Gasteiger charge is -2.26. The van der Waals surface area contributed by atoms with Crippen LogP contribution in [0.5, 0.6) is 0 Å². The van der Waals surface area contributed by atoms with Crippen molar-refractivity contribution in [2.24, 2.45) is 0 Å². The summed E-state index contributed by atoms with van der Waals surface area (Å²) in [5, 5.41) is 8.23. The van der Waals surface area contributed by atoms with Crippen molar-refractivity contribution >= 4 is 17.5 Å². The summed E-state index contributed by atoms with van der Waals surface area (Å²) < 4.78 is 5.35. The average molecular weight is 342 g/mol. The molecule has 0 aliphatic carbocycles. The number of halogens is 1. The third kappa shape index (κ3) is 2.51. The number of fused-ring (bicyclic) bond motifs is 1. The number of benzene rings is 1. The highest BCUT2D eigenvalue weighted by atomic mass is 35.5. The van der Waals surface area contributed by atoms with Crippen LogP contribution in [0.4, 0.5) is 0 Å². The molecule has 122 valence electrons. The summed E-state index contributed by atoms with van der Waals surface area (Å²) >= 11 is 5.96. The number of aryl methyl sites for hydroxylation is 1. The van der Waals surface area contributed by atoms with Crippen LogP contribution in [0, 0.1) is 6.92 Å². The normalized spacial score (nSPS) is 13.8. The van der Waals surface area contributed by atoms with Gasteiger partial charge in [-0.2, -0.15) is 5.10 Å². The SMILES string of the molecule is Cc1ccoc1C(=O)N1CCc2[nH]nc(-c3ccc(Cl)cc3)c2C1. The highest BCUT2D eigenvalue weighted by molar-refractivity contribution is 6.30. The van der Waals surface area contributed by atoms with Crippen molar-refractivity contribution in [3.8, 4) is 11.3 Å². The molecule has 0 spiro atoms. The fraction of sp³-hybridized carbons (Fsp3) is 0.222. The fourth-order valence-electron chi connectivity index (χ4n) is 3.05. The van der Waals surface area contributed by atoms with Crippen LogP contribution in [0.25, 0.3) is 11.3 Å². The Morgan fingerprint density at radius 1 is 1.29 bits per heavy atom. The number of amides is 1. The van der Waals surface area contributed by atoms with Gasteiger partial charge in [-0.1, -0.05) is 23.7 Å². The summed E-state index contributed by atoms with van der Waals surface area (Å²) in [4.78, 5) is 14.5. The van der Waals surface area contributed by atoms with Crippen LogP contribution in [0.2, 0.25) is 5.02 Å². The predicted molar refractivity (Wildman–Crippen MR) is 90.9 cm³/mol. The van der Waals surface area contributed by atoms with Gasteiger partial charge in [-0.05, 0) is 25.1 Å². The lowest BCUT2D eigenvalue weighted by Crippen LogP contribution is -2.36. The monoisotopic (exact) mass is 341 g/mol. The largest absolute Gasteiger partial charge is 0.459 e. The van der Waals surface area contributed by atoms with E-state index in [1.54, 1.807) is 12.3 Å². The van der Waals surface area contributed by atoms with Crippen LogP contribution in [-0.2, 0) is 13.0 Å². The van der Waals surface area contributed by atoms with Crippen LogP contribution < -0.4 is 0 Å². The summed E-state index contributed by atoms with van der Waals surface area (Å²) in [5.41, 5.74) is 4.85. The second-order valence-corrected chi connectivity index (χ2v) is 6.38. The maximum Gasteiger partial charge on any atom is 0.290 e. The fourth-order valence-corrected chi connectivity index (χ4v) is 3.18. The number of aromatic nitrogens is 2. The van der Waals surface area contributed by atoms with Crippen LogP contribution in [0.15, 0.2) is 41.0 Å². The molecule has 1 aliphatic rings. The molecule has 1 aliphatic heterocycles. The van der Waals surface area contributed by atoms with Crippen molar-refractivity contribution in [2.75, 3.05) is 6.54 Å². The van der Waals surface area contributed by atoms with Crippen molar-refractivity contribution in [3.05, 3.63) is 64.2 Å². The Kier molecular flexibility index (Phi) is 3.65. The molecule has 0 saturated heterocycles. The van der Waals surface area contributed by atoms with Crippen molar-refractivity contribution in [3.63, 3.8) is 0 Å². The number of H-pyrrole nitrogens is 1. The molecule has 1 amide bonds. The Bertz CT molecular complexity index is 895. The van der Waals surface area contributed by atoms with E-state index in [2.05, 4.69) is 10.2 Å². The van der Waals surface area contributed by atoms with Crippen LogP contribution in [0.1, 0.15) is 27.4 Å². The first-order valence-electron chi connectivity index (χ1n) is 7.79. The van der Waals surface area contributed by atoms with Gasteiger partial charge in [0.2, 0.25) is 0 Å². The summed E-state index contributed by atoms with van der Waals surface area (Å²) in [6.45, 7) is 3.04. The van der Waals surface area contributed by atoms with Gasteiger partial charge < -0.3 is 9.32 Å². The van der Waals surface area contributed by atoms with Crippen molar-refractivity contribution < 1.29 is 9.21 Å². The maximum atomic E-state index is 12.7. The number of hydrogen-bond donors (Lipinski definition) is 1. The Labute approximate surface area is 144 Å². The highest BCUT2D eigenvalue weighted by Gasteiger charge is 2.28. The zero-order valence-corrected chi connectivity index (χ0v) is 13.9. The standard InChI is InChI=1S/C18H16ClN3O2/c1-11-7-9-24-17(11)18(23)22-8-6-15-14(10-22)16(21-20-15)12-2-4-13(19)5-3-12/h2-5,7,9H,6,8,10H2,1H3,(H,20,21). The smallest absolute Gasteiger partial charge is 0.290 e. The van der Waals surface area contributed by atoms with Crippen LogP contribution in [0.3, 0.4) is 0 Å². The predicted octanol–water partition coefficient (Wildman–Crippen LogP) is 3.83. The molecule has 0 saturated carbocycles. The number of furan rings is 1. The number of nitrogens with zero attached hydrogens (tertiary/aromatic N) is 2. The summed E-state index contributed by atoms with van der Waals surface area (Å²) in [6, 6.07) is 9.37. The first kappa shape index (κ1) is 15.0. The zero-order valence-electron chi connectivity index (χ0n) is 13.2. The number of carbonyl (C=O) groups excluding carboxylic acids is 1. The zero-order chi connectivity index (χ0) is 16.7. The second kappa shape index (κ2) is 5.83. The van der Waals surface area contributed by atoms with E-state index in [9.17, 15) is 4.79 Å². The van der Waals surface area contributed by atoms with Crippen molar-refractivity contribution in [1.29, 1.82) is 0 Å².